The molecule has 7 heteroatoms. The van der Waals surface area contributed by atoms with E-state index in [-0.39, 0.29) is 12.6 Å². The van der Waals surface area contributed by atoms with Crippen LogP contribution in [0.25, 0.3) is 0 Å². The maximum Gasteiger partial charge on any atom is 0.317 e. The lowest BCUT2D eigenvalue weighted by molar-refractivity contribution is -0.133. The minimum absolute atomic E-state index is 0.189. The summed E-state index contributed by atoms with van der Waals surface area (Å²) in [6.07, 6.45) is 0.297. The fourth-order valence-electron chi connectivity index (χ4n) is 1.99. The number of ether oxygens (including phenoxy) is 1. The molecule has 0 aromatic carbocycles. The first-order valence-corrected chi connectivity index (χ1v) is 7.43. The average Bonchev–Trinajstić information content (AvgIpc) is 2.93. The van der Waals surface area contributed by atoms with Gasteiger partial charge < -0.3 is 20.7 Å². The van der Waals surface area contributed by atoms with Crippen LogP contribution in [-0.4, -0.2) is 42.6 Å². The molecule has 1 aliphatic heterocycles. The summed E-state index contributed by atoms with van der Waals surface area (Å²) in [4.78, 5) is 27.1. The molecule has 0 aliphatic carbocycles. The molecule has 1 atom stereocenters. The summed E-state index contributed by atoms with van der Waals surface area (Å²) in [5.41, 5.74) is 5.19. The number of hydrogen-bond donors (Lipinski definition) is 2. The van der Waals surface area contributed by atoms with Gasteiger partial charge in [-0.3, -0.25) is 4.79 Å². The van der Waals surface area contributed by atoms with E-state index in [1.165, 1.54) is 4.88 Å². The Labute approximate surface area is 121 Å². The van der Waals surface area contributed by atoms with Crippen LogP contribution in [0.1, 0.15) is 16.7 Å². The molecule has 1 aliphatic rings. The normalized spacial score (nSPS) is 18.9. The Morgan fingerprint density at radius 3 is 2.90 bits per heavy atom. The van der Waals surface area contributed by atoms with Crippen molar-refractivity contribution in [3.63, 3.8) is 0 Å². The molecule has 3 amide bonds. The van der Waals surface area contributed by atoms with E-state index in [0.717, 1.165) is 11.3 Å². The summed E-state index contributed by atoms with van der Waals surface area (Å²) in [5.74, 6) is -0.534. The Hall–Kier alpha value is -1.60. The van der Waals surface area contributed by atoms with Crippen molar-refractivity contribution in [3.05, 3.63) is 21.9 Å². The lowest BCUT2D eigenvalue weighted by Gasteiger charge is -2.31. The van der Waals surface area contributed by atoms with Crippen molar-refractivity contribution in [1.29, 1.82) is 0 Å². The van der Waals surface area contributed by atoms with Crippen LogP contribution in [0.5, 0.6) is 0 Å². The number of nitrogens with one attached hydrogen (secondary N) is 1. The largest absolute Gasteiger partial charge is 0.367 e. The zero-order valence-electron chi connectivity index (χ0n) is 11.4. The van der Waals surface area contributed by atoms with Gasteiger partial charge in [0.2, 0.25) is 5.91 Å². The Balaban J connectivity index is 1.83. The first-order chi connectivity index (χ1) is 9.60. The van der Waals surface area contributed by atoms with Gasteiger partial charge in [0.15, 0.2) is 6.10 Å². The standard InChI is InChI=1S/C13H19N3O3S/c1-2-9-3-4-10(20-9)7-15-13(18)16-5-6-19-11(8-16)12(14)17/h3-4,11H,2,5-8H2,1H3,(H2,14,17)(H,15,18). The number of aryl methyl sites for hydroxylation is 1. The highest BCUT2D eigenvalue weighted by molar-refractivity contribution is 7.11. The van der Waals surface area contributed by atoms with Gasteiger partial charge in [0, 0.05) is 16.3 Å². The number of hydrogen-bond acceptors (Lipinski definition) is 4. The smallest absolute Gasteiger partial charge is 0.317 e. The summed E-state index contributed by atoms with van der Waals surface area (Å²) >= 11 is 1.69. The fourth-order valence-corrected chi connectivity index (χ4v) is 2.89. The highest BCUT2D eigenvalue weighted by Crippen LogP contribution is 2.16. The summed E-state index contributed by atoms with van der Waals surface area (Å²) in [6.45, 7) is 3.63. The van der Waals surface area contributed by atoms with Crippen molar-refractivity contribution in [1.82, 2.24) is 10.2 Å². The van der Waals surface area contributed by atoms with E-state index in [1.807, 2.05) is 6.07 Å². The SMILES string of the molecule is CCc1ccc(CNC(=O)N2CCOC(C(N)=O)C2)s1. The number of nitrogens with zero attached hydrogens (tertiary/aromatic N) is 1. The van der Waals surface area contributed by atoms with Gasteiger partial charge in [0.05, 0.1) is 19.7 Å². The van der Waals surface area contributed by atoms with E-state index in [9.17, 15) is 9.59 Å². The molecule has 0 radical (unpaired) electrons. The Bertz CT molecular complexity index is 489. The van der Waals surface area contributed by atoms with Gasteiger partial charge in [0.25, 0.3) is 0 Å². The number of morpholine rings is 1. The van der Waals surface area contributed by atoms with Gasteiger partial charge in [-0.05, 0) is 18.6 Å². The topological polar surface area (TPSA) is 84.7 Å². The van der Waals surface area contributed by atoms with Crippen molar-refractivity contribution in [3.8, 4) is 0 Å². The second-order valence-corrected chi connectivity index (χ2v) is 5.84. The van der Waals surface area contributed by atoms with Crippen LogP contribution in [0.2, 0.25) is 0 Å². The monoisotopic (exact) mass is 297 g/mol. The minimum atomic E-state index is -0.706. The molecule has 1 fully saturated rings. The molecule has 1 saturated heterocycles. The molecule has 3 N–H and O–H groups in total. The maximum absolute atomic E-state index is 12.0. The number of primary amides is 1. The van der Waals surface area contributed by atoms with Crippen molar-refractivity contribution in [2.75, 3.05) is 19.7 Å². The van der Waals surface area contributed by atoms with Crippen LogP contribution in [0.3, 0.4) is 0 Å². The molecule has 1 aromatic heterocycles. The van der Waals surface area contributed by atoms with Crippen LogP contribution in [0, 0.1) is 0 Å². The predicted octanol–water partition coefficient (Wildman–Crippen LogP) is 0.706. The quantitative estimate of drug-likeness (QED) is 0.858. The second-order valence-electron chi connectivity index (χ2n) is 4.59. The number of thiophene rings is 1. The number of rotatable bonds is 4. The van der Waals surface area contributed by atoms with Crippen molar-refractivity contribution >= 4 is 23.3 Å². The average molecular weight is 297 g/mol. The molecular formula is C13H19N3O3S. The number of carbonyl (C=O) groups excluding carboxylic acids is 2. The van der Waals surface area contributed by atoms with Gasteiger partial charge in [-0.1, -0.05) is 6.92 Å². The van der Waals surface area contributed by atoms with Crippen LogP contribution in [0.15, 0.2) is 12.1 Å². The first-order valence-electron chi connectivity index (χ1n) is 6.61. The third-order valence-electron chi connectivity index (χ3n) is 3.15. The minimum Gasteiger partial charge on any atom is -0.367 e. The zero-order valence-corrected chi connectivity index (χ0v) is 12.2. The molecule has 0 bridgehead atoms. The van der Waals surface area contributed by atoms with Gasteiger partial charge >= 0.3 is 6.03 Å². The lowest BCUT2D eigenvalue weighted by Crippen LogP contribution is -2.53. The molecule has 110 valence electrons. The highest BCUT2D eigenvalue weighted by Gasteiger charge is 2.27. The first kappa shape index (κ1) is 14.8. The molecule has 0 saturated carbocycles. The Morgan fingerprint density at radius 2 is 2.25 bits per heavy atom. The molecule has 0 spiro atoms. The van der Waals surface area contributed by atoms with Crippen LogP contribution in [-0.2, 0) is 22.5 Å². The Kier molecular flexibility index (Phi) is 4.97. The Morgan fingerprint density at radius 1 is 1.50 bits per heavy atom. The molecule has 6 nitrogen and oxygen atoms in total. The summed E-state index contributed by atoms with van der Waals surface area (Å²) in [5, 5.41) is 2.86. The van der Waals surface area contributed by atoms with Crippen molar-refractivity contribution in [2.24, 2.45) is 5.73 Å². The predicted molar refractivity (Wildman–Crippen MR) is 76.4 cm³/mol. The van der Waals surface area contributed by atoms with E-state index in [2.05, 4.69) is 18.3 Å². The molecule has 1 aromatic rings. The third kappa shape index (κ3) is 3.71. The number of amides is 3. The van der Waals surface area contributed by atoms with Gasteiger partial charge in [-0.2, -0.15) is 0 Å². The van der Waals surface area contributed by atoms with Gasteiger partial charge in [-0.25, -0.2) is 4.79 Å². The summed E-state index contributed by atoms with van der Waals surface area (Å²) < 4.78 is 5.21. The van der Waals surface area contributed by atoms with Crippen LogP contribution in [0.4, 0.5) is 4.79 Å². The molecule has 2 heterocycles. The van der Waals surface area contributed by atoms with Crippen LogP contribution >= 0.6 is 11.3 Å². The molecule has 1 unspecified atom stereocenters. The van der Waals surface area contributed by atoms with E-state index < -0.39 is 12.0 Å². The van der Waals surface area contributed by atoms with E-state index in [0.29, 0.717) is 19.7 Å². The molecule has 20 heavy (non-hydrogen) atoms. The fraction of sp³-hybridized carbons (Fsp3) is 0.538. The molecule has 2 rings (SSSR count). The second kappa shape index (κ2) is 6.71. The third-order valence-corrected chi connectivity index (χ3v) is 4.38. The van der Waals surface area contributed by atoms with E-state index in [1.54, 1.807) is 16.2 Å². The molecular weight excluding hydrogens is 278 g/mol. The maximum atomic E-state index is 12.0. The van der Waals surface area contributed by atoms with Crippen molar-refractivity contribution < 1.29 is 14.3 Å². The zero-order chi connectivity index (χ0) is 14.5. The van der Waals surface area contributed by atoms with Gasteiger partial charge in [0.1, 0.15) is 0 Å². The van der Waals surface area contributed by atoms with Crippen molar-refractivity contribution in [2.45, 2.75) is 26.0 Å². The lowest BCUT2D eigenvalue weighted by atomic mass is 10.2. The van der Waals surface area contributed by atoms with E-state index >= 15 is 0 Å². The van der Waals surface area contributed by atoms with E-state index in [4.69, 9.17) is 10.5 Å². The summed E-state index contributed by atoms with van der Waals surface area (Å²) in [6, 6.07) is 3.91. The van der Waals surface area contributed by atoms with Crippen LogP contribution < -0.4 is 11.1 Å². The number of urea groups is 1. The number of carbonyl (C=O) groups is 2. The summed E-state index contributed by atoms with van der Waals surface area (Å²) in [7, 11) is 0. The van der Waals surface area contributed by atoms with Gasteiger partial charge in [-0.15, -0.1) is 11.3 Å². The highest BCUT2D eigenvalue weighted by atomic mass is 32.1. The number of nitrogens with two attached hydrogens (primary N) is 1.